The fourth-order valence-corrected chi connectivity index (χ4v) is 14.0. The topological polar surface area (TPSA) is 82.1 Å². The molecule has 3 aliphatic heterocycles. The normalized spacial score (nSPS) is 20.4. The molecule has 3 atom stereocenters. The second-order valence-corrected chi connectivity index (χ2v) is 19.2. The number of carbonyl (C=O) groups is 1. The van der Waals surface area contributed by atoms with Crippen molar-refractivity contribution in [1.29, 1.82) is 0 Å². The lowest BCUT2D eigenvalue weighted by atomic mass is 10.0. The lowest BCUT2D eigenvalue weighted by Gasteiger charge is -2.36. The Kier molecular flexibility index (Phi) is 7.97. The third-order valence-electron chi connectivity index (χ3n) is 9.54. The zero-order valence-electron chi connectivity index (χ0n) is 27.4. The highest BCUT2D eigenvalue weighted by Crippen LogP contribution is 2.59. The molecule has 10 heteroatoms. The summed E-state index contributed by atoms with van der Waals surface area (Å²) in [6.45, 7) is 0. The molecule has 252 valence electrons. The predicted molar refractivity (Wildman–Crippen MR) is 205 cm³/mol. The van der Waals surface area contributed by atoms with Crippen molar-refractivity contribution < 1.29 is 27.5 Å². The lowest BCUT2D eigenvalue weighted by molar-refractivity contribution is -0.129. The van der Waals surface area contributed by atoms with Crippen molar-refractivity contribution in [3.63, 3.8) is 0 Å². The van der Waals surface area contributed by atoms with Crippen molar-refractivity contribution in [3.05, 3.63) is 146 Å². The summed E-state index contributed by atoms with van der Waals surface area (Å²) in [6.07, 6.45) is -0.0387. The molecule has 0 radical (unpaired) electrons. The van der Waals surface area contributed by atoms with Crippen molar-refractivity contribution in [2.75, 3.05) is 18.7 Å². The highest BCUT2D eigenvalue weighted by Gasteiger charge is 2.44. The maximum absolute atomic E-state index is 15.2. The standard InChI is InChI=1S/C41H32NO6P3/c43-41(25-26-49-38-22-10-4-16-32(38)29-13-1-7-19-35(29)46-49)42(27-50(44)39-23-11-5-17-33(39)30-14-2-8-20-36(30)47-50)28-51(45)40-24-12-6-18-34(40)31-15-3-9-21-37(31)48-51/h1-24H,25-28H2. The second-order valence-electron chi connectivity index (χ2n) is 12.7. The lowest BCUT2D eigenvalue weighted by Crippen LogP contribution is -2.39. The molecular formula is C41H32NO6P3. The SMILES string of the molecule is O=C(CCP1Oc2ccccc2-c2ccccc21)N(CP1(=O)Oc2ccccc2-c2ccccc21)CP1(=O)Oc2ccccc2-c2ccccc21. The van der Waals surface area contributed by atoms with Gasteiger partial charge in [-0.25, -0.2) is 0 Å². The quantitative estimate of drug-likeness (QED) is 0.153. The van der Waals surface area contributed by atoms with Crippen LogP contribution in [-0.2, 0) is 13.9 Å². The van der Waals surface area contributed by atoms with Gasteiger partial charge in [-0.2, -0.15) is 0 Å². The first-order valence-electron chi connectivity index (χ1n) is 16.8. The first-order chi connectivity index (χ1) is 24.9. The summed E-state index contributed by atoms with van der Waals surface area (Å²) < 4.78 is 49.6. The first kappa shape index (κ1) is 32.0. The van der Waals surface area contributed by atoms with E-state index in [9.17, 15) is 4.79 Å². The number of benzene rings is 6. The van der Waals surface area contributed by atoms with Crippen LogP contribution in [0.25, 0.3) is 33.4 Å². The molecule has 3 aliphatic rings. The summed E-state index contributed by atoms with van der Waals surface area (Å²) in [5.41, 5.74) is 5.39. The molecule has 0 saturated carbocycles. The molecule has 51 heavy (non-hydrogen) atoms. The number of amides is 1. The van der Waals surface area contributed by atoms with Gasteiger partial charge >= 0.3 is 0 Å². The molecule has 0 aliphatic carbocycles. The Bertz CT molecular complexity index is 2330. The summed E-state index contributed by atoms with van der Waals surface area (Å²) >= 11 is 0. The molecule has 6 aromatic carbocycles. The molecule has 0 spiro atoms. The molecule has 0 bridgehead atoms. The Labute approximate surface area is 297 Å². The molecule has 6 aromatic rings. The van der Waals surface area contributed by atoms with E-state index < -0.39 is 22.9 Å². The summed E-state index contributed by atoms with van der Waals surface area (Å²) in [5, 5.41) is 2.12. The van der Waals surface area contributed by atoms with Crippen LogP contribution in [0.1, 0.15) is 6.42 Å². The molecule has 9 rings (SSSR count). The molecule has 0 aromatic heterocycles. The molecule has 0 N–H and O–H groups in total. The van der Waals surface area contributed by atoms with Gasteiger partial charge in [0, 0.05) is 34.6 Å². The molecule has 0 saturated heterocycles. The Hall–Kier alpha value is -4.92. The van der Waals surface area contributed by atoms with Gasteiger partial charge in [0.15, 0.2) is 0 Å². The predicted octanol–water partition coefficient (Wildman–Crippen LogP) is 9.23. The molecular weight excluding hydrogens is 695 g/mol. The number of carbonyl (C=O) groups excluding carboxylic acids is 1. The minimum atomic E-state index is -3.74. The van der Waals surface area contributed by atoms with E-state index >= 15 is 9.13 Å². The molecule has 1 amide bonds. The van der Waals surface area contributed by atoms with Crippen molar-refractivity contribution >= 4 is 44.7 Å². The molecule has 3 heterocycles. The Morgan fingerprint density at radius 2 is 0.922 bits per heavy atom. The van der Waals surface area contributed by atoms with Crippen LogP contribution >= 0.6 is 22.9 Å². The number of para-hydroxylation sites is 3. The number of nitrogens with zero attached hydrogens (tertiary/aromatic N) is 1. The highest BCUT2D eigenvalue weighted by atomic mass is 31.2. The summed E-state index contributed by atoms with van der Waals surface area (Å²) in [6, 6.07) is 45.9. The molecule has 7 nitrogen and oxygen atoms in total. The van der Waals surface area contributed by atoms with Gasteiger partial charge in [-0.3, -0.25) is 13.9 Å². The Morgan fingerprint density at radius 3 is 1.47 bits per heavy atom. The number of rotatable bonds is 7. The summed E-state index contributed by atoms with van der Waals surface area (Å²) in [7, 11) is -8.69. The van der Waals surface area contributed by atoms with Crippen LogP contribution in [0.3, 0.4) is 0 Å². The average Bonchev–Trinajstić information content (AvgIpc) is 3.17. The average molecular weight is 728 g/mol. The smallest absolute Gasteiger partial charge is 0.296 e. The van der Waals surface area contributed by atoms with Gasteiger partial charge in [-0.1, -0.05) is 115 Å². The first-order valence-corrected chi connectivity index (χ1v) is 21.8. The number of fused-ring (bicyclic) bond motifs is 9. The fourth-order valence-electron chi connectivity index (χ4n) is 7.19. The minimum absolute atomic E-state index is 0.0820. The van der Waals surface area contributed by atoms with E-state index in [1.807, 2.05) is 109 Å². The van der Waals surface area contributed by atoms with Crippen LogP contribution < -0.4 is 29.5 Å². The van der Waals surface area contributed by atoms with E-state index in [1.54, 1.807) is 24.3 Å². The largest absolute Gasteiger partial charge is 0.469 e. The van der Waals surface area contributed by atoms with Gasteiger partial charge in [0.1, 0.15) is 38.0 Å². The fraction of sp³-hybridized carbons (Fsp3) is 0.0976. The van der Waals surface area contributed by atoms with Crippen LogP contribution in [0.15, 0.2) is 146 Å². The zero-order chi connectivity index (χ0) is 34.6. The second kappa shape index (κ2) is 12.7. The van der Waals surface area contributed by atoms with E-state index in [1.165, 1.54) is 4.90 Å². The zero-order valence-corrected chi connectivity index (χ0v) is 30.1. The van der Waals surface area contributed by atoms with Gasteiger partial charge < -0.3 is 18.5 Å². The highest BCUT2D eigenvalue weighted by molar-refractivity contribution is 7.68. The van der Waals surface area contributed by atoms with Crippen LogP contribution in [0.4, 0.5) is 0 Å². The van der Waals surface area contributed by atoms with Gasteiger partial charge in [0.2, 0.25) is 5.91 Å². The van der Waals surface area contributed by atoms with Gasteiger partial charge in [-0.05, 0) is 47.0 Å². The third-order valence-corrected chi connectivity index (χ3v) is 16.2. The van der Waals surface area contributed by atoms with Gasteiger partial charge in [0.25, 0.3) is 14.7 Å². The monoisotopic (exact) mass is 727 g/mol. The van der Waals surface area contributed by atoms with E-state index in [4.69, 9.17) is 13.6 Å². The van der Waals surface area contributed by atoms with Crippen molar-refractivity contribution in [2.45, 2.75) is 6.42 Å². The third kappa shape index (κ3) is 5.61. The Balaban J connectivity index is 1.08. The van der Waals surface area contributed by atoms with E-state index in [-0.39, 0.29) is 24.9 Å². The Morgan fingerprint density at radius 1 is 0.510 bits per heavy atom. The number of hydrogen-bond acceptors (Lipinski definition) is 6. The summed E-state index contributed by atoms with van der Waals surface area (Å²) in [5.74, 6) is 1.46. The van der Waals surface area contributed by atoms with Crippen molar-refractivity contribution in [1.82, 2.24) is 4.90 Å². The molecule has 0 fully saturated rings. The summed E-state index contributed by atoms with van der Waals surface area (Å²) in [4.78, 5) is 16.1. The minimum Gasteiger partial charge on any atom is -0.469 e. The maximum Gasteiger partial charge on any atom is 0.296 e. The van der Waals surface area contributed by atoms with E-state index in [0.29, 0.717) is 28.3 Å². The van der Waals surface area contributed by atoms with Crippen LogP contribution in [-0.4, -0.2) is 29.5 Å². The van der Waals surface area contributed by atoms with E-state index in [0.717, 1.165) is 44.4 Å². The van der Waals surface area contributed by atoms with Crippen LogP contribution in [0, 0.1) is 0 Å². The van der Waals surface area contributed by atoms with Gasteiger partial charge in [-0.15, -0.1) is 0 Å². The van der Waals surface area contributed by atoms with Crippen molar-refractivity contribution in [2.24, 2.45) is 0 Å². The van der Waals surface area contributed by atoms with E-state index in [2.05, 4.69) is 12.1 Å². The number of hydrogen-bond donors (Lipinski definition) is 0. The van der Waals surface area contributed by atoms with Crippen molar-refractivity contribution in [3.8, 4) is 50.6 Å². The maximum atomic E-state index is 15.2. The van der Waals surface area contributed by atoms with Gasteiger partial charge in [0.05, 0.1) is 10.6 Å². The van der Waals surface area contributed by atoms with Crippen LogP contribution in [0.5, 0.6) is 17.2 Å². The van der Waals surface area contributed by atoms with Crippen LogP contribution in [0.2, 0.25) is 0 Å². The molecule has 3 unspecified atom stereocenters.